The number of aryl methyl sites for hydroxylation is 2. The average Bonchev–Trinajstić information content (AvgIpc) is 2.45. The normalized spacial score (nSPS) is 11.3. The van der Waals surface area contributed by atoms with Gasteiger partial charge in [0.1, 0.15) is 5.75 Å². The van der Waals surface area contributed by atoms with Crippen LogP contribution in [0.3, 0.4) is 0 Å². The van der Waals surface area contributed by atoms with E-state index in [1.54, 1.807) is 18.2 Å². The number of carbonyl (C=O) groups excluding carboxylic acids is 1. The number of benzene rings is 2. The van der Waals surface area contributed by atoms with Crippen LogP contribution in [0.4, 0.5) is 0 Å². The van der Waals surface area contributed by atoms with Crippen LogP contribution in [0.1, 0.15) is 34.0 Å². The van der Waals surface area contributed by atoms with E-state index in [0.29, 0.717) is 0 Å². The molecule has 0 aliphatic carbocycles. The predicted molar refractivity (Wildman–Crippen MR) is 83.7 cm³/mol. The van der Waals surface area contributed by atoms with Crippen LogP contribution in [0.25, 0.3) is 0 Å². The zero-order valence-electron chi connectivity index (χ0n) is 12.3. The summed E-state index contributed by atoms with van der Waals surface area (Å²) in [6, 6.07) is 12.4. The molecule has 0 aromatic heterocycles. The summed E-state index contributed by atoms with van der Waals surface area (Å²) in [5.41, 5.74) is 6.66. The summed E-state index contributed by atoms with van der Waals surface area (Å²) in [6.07, 6.45) is 0. The highest BCUT2D eigenvalue weighted by molar-refractivity contribution is 6.02. The lowest BCUT2D eigenvalue weighted by molar-refractivity contribution is 0.0952. The molecule has 108 valence electrons. The number of nitrogens with one attached hydrogen (secondary N) is 1. The molecule has 1 amide bonds. The fourth-order valence-corrected chi connectivity index (χ4v) is 2.14. The number of phenolic OH excluding ortho intramolecular Hbond substituents is 1. The van der Waals surface area contributed by atoms with Gasteiger partial charge in [-0.2, -0.15) is 5.10 Å². The highest BCUT2D eigenvalue weighted by Gasteiger charge is 2.09. The summed E-state index contributed by atoms with van der Waals surface area (Å²) in [5.74, 6) is -0.494. The minimum Gasteiger partial charge on any atom is -0.507 e. The van der Waals surface area contributed by atoms with E-state index in [4.69, 9.17) is 0 Å². The van der Waals surface area contributed by atoms with Crippen molar-refractivity contribution < 1.29 is 9.90 Å². The van der Waals surface area contributed by atoms with Crippen molar-refractivity contribution in [3.63, 3.8) is 0 Å². The topological polar surface area (TPSA) is 61.7 Å². The van der Waals surface area contributed by atoms with Crippen molar-refractivity contribution in [2.45, 2.75) is 20.8 Å². The first kappa shape index (κ1) is 14.8. The number of nitrogens with zero attached hydrogens (tertiary/aromatic N) is 1. The van der Waals surface area contributed by atoms with Crippen LogP contribution in [0, 0.1) is 13.8 Å². The second kappa shape index (κ2) is 6.22. The molecule has 0 atom stereocenters. The van der Waals surface area contributed by atoms with Gasteiger partial charge in [-0.3, -0.25) is 4.79 Å². The number of aromatic hydroxyl groups is 1. The molecule has 2 aromatic rings. The van der Waals surface area contributed by atoms with E-state index < -0.39 is 5.91 Å². The van der Waals surface area contributed by atoms with Crippen LogP contribution in [0.5, 0.6) is 5.75 Å². The maximum Gasteiger partial charge on any atom is 0.275 e. The maximum absolute atomic E-state index is 12.0. The van der Waals surface area contributed by atoms with Crippen LogP contribution < -0.4 is 5.43 Å². The maximum atomic E-state index is 12.0. The Labute approximate surface area is 124 Å². The van der Waals surface area contributed by atoms with E-state index in [-0.39, 0.29) is 11.3 Å². The summed E-state index contributed by atoms with van der Waals surface area (Å²) in [4.78, 5) is 12.0. The van der Waals surface area contributed by atoms with Gasteiger partial charge in [0.15, 0.2) is 0 Å². The van der Waals surface area contributed by atoms with Crippen LogP contribution in [-0.2, 0) is 0 Å². The van der Waals surface area contributed by atoms with E-state index in [2.05, 4.69) is 16.6 Å². The number of rotatable bonds is 3. The minimum atomic E-state index is -0.433. The van der Waals surface area contributed by atoms with Crippen molar-refractivity contribution in [1.82, 2.24) is 5.43 Å². The standard InChI is InChI=1S/C17H18N2O2/c1-11-8-9-14(12(2)10-11)13(3)18-19-17(21)15-6-4-5-7-16(15)20/h4-10,20H,1-3H3,(H,19,21)/b18-13-. The molecule has 2 N–H and O–H groups in total. The van der Waals surface area contributed by atoms with Gasteiger partial charge in [-0.05, 0) is 38.5 Å². The number of hydrogen-bond acceptors (Lipinski definition) is 3. The predicted octanol–water partition coefficient (Wildman–Crippen LogP) is 3.16. The fraction of sp³-hybridized carbons (Fsp3) is 0.176. The highest BCUT2D eigenvalue weighted by atomic mass is 16.3. The number of para-hydroxylation sites is 1. The molecule has 0 saturated heterocycles. The van der Waals surface area contributed by atoms with E-state index in [9.17, 15) is 9.90 Å². The molecule has 0 heterocycles. The van der Waals surface area contributed by atoms with Crippen LogP contribution in [-0.4, -0.2) is 16.7 Å². The zero-order valence-corrected chi connectivity index (χ0v) is 12.3. The first-order valence-corrected chi connectivity index (χ1v) is 6.69. The quantitative estimate of drug-likeness (QED) is 0.671. The first-order valence-electron chi connectivity index (χ1n) is 6.69. The molecule has 4 nitrogen and oxygen atoms in total. The van der Waals surface area contributed by atoms with Crippen molar-refractivity contribution in [2.24, 2.45) is 5.10 Å². The molecule has 0 spiro atoms. The molecular formula is C17H18N2O2. The van der Waals surface area contributed by atoms with Crippen molar-refractivity contribution in [3.8, 4) is 5.75 Å². The van der Waals surface area contributed by atoms with Crippen LogP contribution in [0.15, 0.2) is 47.6 Å². The average molecular weight is 282 g/mol. The SMILES string of the molecule is C/C(=N/NC(=O)c1ccccc1O)c1ccc(C)cc1C. The van der Waals surface area contributed by atoms with Crippen molar-refractivity contribution in [1.29, 1.82) is 0 Å². The molecule has 0 unspecified atom stereocenters. The Hall–Kier alpha value is -2.62. The number of hydrogen-bond donors (Lipinski definition) is 2. The summed E-state index contributed by atoms with van der Waals surface area (Å²) < 4.78 is 0. The molecule has 0 aliphatic heterocycles. The van der Waals surface area contributed by atoms with Gasteiger partial charge >= 0.3 is 0 Å². The van der Waals surface area contributed by atoms with Gasteiger partial charge in [0.25, 0.3) is 5.91 Å². The lowest BCUT2D eigenvalue weighted by Gasteiger charge is -2.07. The van der Waals surface area contributed by atoms with Crippen molar-refractivity contribution in [3.05, 3.63) is 64.7 Å². The smallest absolute Gasteiger partial charge is 0.275 e. The van der Waals surface area contributed by atoms with Crippen LogP contribution in [0.2, 0.25) is 0 Å². The van der Waals surface area contributed by atoms with Crippen molar-refractivity contribution in [2.75, 3.05) is 0 Å². The monoisotopic (exact) mass is 282 g/mol. The minimum absolute atomic E-state index is 0.0608. The van der Waals surface area contributed by atoms with Gasteiger partial charge in [0, 0.05) is 5.56 Å². The summed E-state index contributed by atoms with van der Waals surface area (Å²) in [5, 5.41) is 13.7. The number of hydrazone groups is 1. The van der Waals surface area contributed by atoms with Crippen LogP contribution >= 0.6 is 0 Å². The zero-order chi connectivity index (χ0) is 15.4. The Bertz CT molecular complexity index is 706. The summed E-state index contributed by atoms with van der Waals surface area (Å²) >= 11 is 0. The summed E-state index contributed by atoms with van der Waals surface area (Å²) in [7, 11) is 0. The molecule has 0 saturated carbocycles. The number of phenols is 1. The van der Waals surface area contributed by atoms with Gasteiger partial charge in [0.05, 0.1) is 11.3 Å². The molecule has 21 heavy (non-hydrogen) atoms. The Morgan fingerprint density at radius 1 is 1.10 bits per heavy atom. The van der Waals surface area contributed by atoms with E-state index in [1.807, 2.05) is 32.9 Å². The lowest BCUT2D eigenvalue weighted by atomic mass is 10.0. The molecule has 0 aliphatic rings. The second-order valence-electron chi connectivity index (χ2n) is 4.97. The first-order chi connectivity index (χ1) is 9.99. The van der Waals surface area contributed by atoms with E-state index >= 15 is 0 Å². The highest BCUT2D eigenvalue weighted by Crippen LogP contribution is 2.15. The molecule has 4 heteroatoms. The third kappa shape index (κ3) is 3.48. The fourth-order valence-electron chi connectivity index (χ4n) is 2.14. The lowest BCUT2D eigenvalue weighted by Crippen LogP contribution is -2.19. The molecular weight excluding hydrogens is 264 g/mol. The Morgan fingerprint density at radius 3 is 2.48 bits per heavy atom. The molecule has 0 fully saturated rings. The molecule has 2 aromatic carbocycles. The number of amides is 1. The molecule has 2 rings (SSSR count). The van der Waals surface area contributed by atoms with Gasteiger partial charge in [-0.15, -0.1) is 0 Å². The van der Waals surface area contributed by atoms with Crippen molar-refractivity contribution >= 4 is 11.6 Å². The molecule has 0 radical (unpaired) electrons. The third-order valence-electron chi connectivity index (χ3n) is 3.25. The Morgan fingerprint density at radius 2 is 1.81 bits per heavy atom. The van der Waals surface area contributed by atoms with E-state index in [1.165, 1.54) is 11.6 Å². The molecule has 0 bridgehead atoms. The number of carbonyl (C=O) groups is 1. The Balaban J connectivity index is 2.17. The summed E-state index contributed by atoms with van der Waals surface area (Å²) in [6.45, 7) is 5.87. The van der Waals surface area contributed by atoms with Gasteiger partial charge < -0.3 is 5.11 Å². The third-order valence-corrected chi connectivity index (χ3v) is 3.25. The second-order valence-corrected chi connectivity index (χ2v) is 4.97. The van der Waals surface area contributed by atoms with Gasteiger partial charge in [-0.25, -0.2) is 5.43 Å². The van der Waals surface area contributed by atoms with Gasteiger partial charge in [0.2, 0.25) is 0 Å². The largest absolute Gasteiger partial charge is 0.507 e. The van der Waals surface area contributed by atoms with E-state index in [0.717, 1.165) is 16.8 Å². The van der Waals surface area contributed by atoms with Gasteiger partial charge in [-0.1, -0.05) is 35.9 Å². The Kier molecular flexibility index (Phi) is 4.38.